The normalized spacial score (nSPS) is 11.9. The molecule has 4 nitrogen and oxygen atoms in total. The average Bonchev–Trinajstić information content (AvgIpc) is 2.55. The van der Waals surface area contributed by atoms with Crippen molar-refractivity contribution in [2.75, 3.05) is 5.32 Å². The third kappa shape index (κ3) is 5.71. The van der Waals surface area contributed by atoms with Crippen molar-refractivity contribution in [3.63, 3.8) is 0 Å². The van der Waals surface area contributed by atoms with E-state index in [1.54, 1.807) is 0 Å². The Kier molecular flexibility index (Phi) is 6.76. The number of amides is 2. The van der Waals surface area contributed by atoms with Gasteiger partial charge in [0.25, 0.3) is 0 Å². The number of carbonyl (C=O) groups excluding carboxylic acids is 2. The first-order chi connectivity index (χ1) is 11.9. The molecular formula is C20H23BrN2O2. The summed E-state index contributed by atoms with van der Waals surface area (Å²) in [5, 5.41) is 5.77. The van der Waals surface area contributed by atoms with Gasteiger partial charge < -0.3 is 10.6 Å². The molecule has 0 saturated carbocycles. The van der Waals surface area contributed by atoms with Gasteiger partial charge in [0.05, 0.1) is 6.42 Å². The summed E-state index contributed by atoms with van der Waals surface area (Å²) >= 11 is 3.41. The van der Waals surface area contributed by atoms with Gasteiger partial charge in [0.2, 0.25) is 11.8 Å². The van der Waals surface area contributed by atoms with E-state index < -0.39 is 6.04 Å². The number of benzene rings is 2. The van der Waals surface area contributed by atoms with E-state index in [1.165, 1.54) is 0 Å². The topological polar surface area (TPSA) is 58.2 Å². The van der Waals surface area contributed by atoms with Crippen molar-refractivity contribution in [3.8, 4) is 0 Å². The van der Waals surface area contributed by atoms with Crippen LogP contribution in [0.25, 0.3) is 0 Å². The summed E-state index contributed by atoms with van der Waals surface area (Å²) in [5.41, 5.74) is 2.63. The van der Waals surface area contributed by atoms with E-state index in [0.29, 0.717) is 0 Å². The second kappa shape index (κ2) is 8.81. The van der Waals surface area contributed by atoms with Gasteiger partial charge in [-0.1, -0.05) is 60.1 Å². The second-order valence-corrected chi connectivity index (χ2v) is 7.32. The Hall–Kier alpha value is -2.14. The molecule has 0 fully saturated rings. The lowest BCUT2D eigenvalue weighted by Crippen LogP contribution is -2.47. The molecule has 0 heterocycles. The zero-order valence-electron chi connectivity index (χ0n) is 14.7. The third-order valence-corrected chi connectivity index (χ3v) is 4.41. The van der Waals surface area contributed by atoms with Crippen molar-refractivity contribution in [1.29, 1.82) is 0 Å². The summed E-state index contributed by atoms with van der Waals surface area (Å²) in [6, 6.07) is 14.6. The van der Waals surface area contributed by atoms with Gasteiger partial charge in [-0.2, -0.15) is 0 Å². The minimum atomic E-state index is -0.584. The molecule has 2 amide bonds. The number of carbonyl (C=O) groups is 2. The monoisotopic (exact) mass is 402 g/mol. The van der Waals surface area contributed by atoms with Gasteiger partial charge in [-0.05, 0) is 42.2 Å². The van der Waals surface area contributed by atoms with Crippen LogP contribution in [0.4, 0.5) is 5.69 Å². The van der Waals surface area contributed by atoms with Gasteiger partial charge >= 0.3 is 0 Å². The van der Waals surface area contributed by atoms with Crippen LogP contribution in [0.5, 0.6) is 0 Å². The second-order valence-electron chi connectivity index (χ2n) is 6.40. The maximum absolute atomic E-state index is 12.6. The van der Waals surface area contributed by atoms with Crippen molar-refractivity contribution in [2.24, 2.45) is 5.92 Å². The van der Waals surface area contributed by atoms with Crippen LogP contribution in [0, 0.1) is 12.8 Å². The smallest absolute Gasteiger partial charge is 0.247 e. The van der Waals surface area contributed by atoms with E-state index in [4.69, 9.17) is 0 Å². The van der Waals surface area contributed by atoms with Crippen molar-refractivity contribution in [1.82, 2.24) is 5.32 Å². The average molecular weight is 403 g/mol. The first-order valence-electron chi connectivity index (χ1n) is 8.27. The van der Waals surface area contributed by atoms with Crippen LogP contribution >= 0.6 is 15.9 Å². The zero-order valence-corrected chi connectivity index (χ0v) is 16.3. The van der Waals surface area contributed by atoms with Gasteiger partial charge in [-0.3, -0.25) is 9.59 Å². The van der Waals surface area contributed by atoms with Crippen molar-refractivity contribution in [3.05, 3.63) is 64.1 Å². The first kappa shape index (κ1) is 19.2. The molecule has 0 bridgehead atoms. The lowest BCUT2D eigenvalue weighted by Gasteiger charge is -2.22. The Balaban J connectivity index is 2.03. The molecule has 0 aromatic heterocycles. The summed E-state index contributed by atoms with van der Waals surface area (Å²) < 4.78 is 0.958. The summed E-state index contributed by atoms with van der Waals surface area (Å²) in [6.07, 6.45) is 0.259. The molecule has 0 radical (unpaired) electrons. The highest BCUT2D eigenvalue weighted by atomic mass is 79.9. The first-order valence-corrected chi connectivity index (χ1v) is 9.06. The summed E-state index contributed by atoms with van der Waals surface area (Å²) in [6.45, 7) is 5.77. The Labute approximate surface area is 157 Å². The number of nitrogens with one attached hydrogen (secondary N) is 2. The fourth-order valence-corrected chi connectivity index (χ4v) is 2.99. The molecule has 0 aliphatic heterocycles. The maximum atomic E-state index is 12.6. The summed E-state index contributed by atoms with van der Waals surface area (Å²) in [5.74, 6) is -0.384. The van der Waals surface area contributed by atoms with Gasteiger partial charge in [-0.15, -0.1) is 0 Å². The maximum Gasteiger partial charge on any atom is 0.247 e. The molecule has 2 aromatic rings. The fraction of sp³-hybridized carbons (Fsp3) is 0.300. The van der Waals surface area contributed by atoms with E-state index in [-0.39, 0.29) is 24.2 Å². The van der Waals surface area contributed by atoms with Crippen LogP contribution in [0.15, 0.2) is 53.0 Å². The SMILES string of the molecule is Cc1cc(Br)ccc1NC(=O)C(NC(=O)Cc1ccccc1)C(C)C. The molecule has 0 aliphatic carbocycles. The predicted molar refractivity (Wildman–Crippen MR) is 104 cm³/mol. The largest absolute Gasteiger partial charge is 0.344 e. The molecule has 1 atom stereocenters. The van der Waals surface area contributed by atoms with Gasteiger partial charge in [0.15, 0.2) is 0 Å². The lowest BCUT2D eigenvalue weighted by molar-refractivity contribution is -0.127. The highest BCUT2D eigenvalue weighted by molar-refractivity contribution is 9.10. The van der Waals surface area contributed by atoms with E-state index in [1.807, 2.05) is 69.3 Å². The molecule has 5 heteroatoms. The van der Waals surface area contributed by atoms with Crippen LogP contribution in [-0.2, 0) is 16.0 Å². The number of aryl methyl sites for hydroxylation is 1. The molecule has 2 aromatic carbocycles. The fourth-order valence-electron chi connectivity index (χ4n) is 2.52. The molecule has 2 N–H and O–H groups in total. The number of rotatable bonds is 6. The van der Waals surface area contributed by atoms with E-state index >= 15 is 0 Å². The van der Waals surface area contributed by atoms with E-state index in [2.05, 4.69) is 26.6 Å². The summed E-state index contributed by atoms with van der Waals surface area (Å²) in [7, 11) is 0. The standard InChI is InChI=1S/C20H23BrN2O2/c1-13(2)19(23-18(24)12-15-7-5-4-6-8-15)20(25)22-17-10-9-16(21)11-14(17)3/h4-11,13,19H,12H2,1-3H3,(H,22,25)(H,23,24). The minimum Gasteiger partial charge on any atom is -0.344 e. The lowest BCUT2D eigenvalue weighted by atomic mass is 10.0. The molecule has 0 spiro atoms. The molecule has 1 unspecified atom stereocenters. The quantitative estimate of drug-likeness (QED) is 0.764. The zero-order chi connectivity index (χ0) is 18.4. The summed E-state index contributed by atoms with van der Waals surface area (Å²) in [4.78, 5) is 24.9. The van der Waals surface area contributed by atoms with Crippen molar-refractivity contribution in [2.45, 2.75) is 33.2 Å². The van der Waals surface area contributed by atoms with Crippen LogP contribution in [0.1, 0.15) is 25.0 Å². The van der Waals surface area contributed by atoms with Gasteiger partial charge in [-0.25, -0.2) is 0 Å². The molecule has 2 rings (SSSR count). The van der Waals surface area contributed by atoms with Crippen molar-refractivity contribution < 1.29 is 9.59 Å². The van der Waals surface area contributed by atoms with Crippen LogP contribution in [-0.4, -0.2) is 17.9 Å². The number of hydrogen-bond donors (Lipinski definition) is 2. The molecule has 132 valence electrons. The molecule has 25 heavy (non-hydrogen) atoms. The highest BCUT2D eigenvalue weighted by Gasteiger charge is 2.24. The molecule has 0 aliphatic rings. The van der Waals surface area contributed by atoms with E-state index in [0.717, 1.165) is 21.3 Å². The minimum absolute atomic E-state index is 0.0181. The number of hydrogen-bond acceptors (Lipinski definition) is 2. The van der Waals surface area contributed by atoms with Gasteiger partial charge in [0, 0.05) is 10.2 Å². The Bertz CT molecular complexity index is 745. The van der Waals surface area contributed by atoms with Crippen LogP contribution in [0.2, 0.25) is 0 Å². The molecule has 0 saturated heterocycles. The van der Waals surface area contributed by atoms with Gasteiger partial charge in [0.1, 0.15) is 6.04 Å². The Morgan fingerprint density at radius 1 is 1.08 bits per heavy atom. The van der Waals surface area contributed by atoms with Crippen LogP contribution < -0.4 is 10.6 Å². The van der Waals surface area contributed by atoms with Crippen molar-refractivity contribution >= 4 is 33.4 Å². The Morgan fingerprint density at radius 2 is 1.76 bits per heavy atom. The Morgan fingerprint density at radius 3 is 2.36 bits per heavy atom. The molecular weight excluding hydrogens is 380 g/mol. The van der Waals surface area contributed by atoms with E-state index in [9.17, 15) is 9.59 Å². The number of anilines is 1. The van der Waals surface area contributed by atoms with Crippen LogP contribution in [0.3, 0.4) is 0 Å². The number of halogens is 1. The third-order valence-electron chi connectivity index (χ3n) is 3.92. The predicted octanol–water partition coefficient (Wildman–Crippen LogP) is 4.08. The highest BCUT2D eigenvalue weighted by Crippen LogP contribution is 2.20.